The van der Waals surface area contributed by atoms with Crippen LogP contribution < -0.4 is 4.90 Å². The van der Waals surface area contributed by atoms with E-state index in [-0.39, 0.29) is 11.9 Å². The Morgan fingerprint density at radius 2 is 2.05 bits per heavy atom. The van der Waals surface area contributed by atoms with Crippen molar-refractivity contribution in [3.8, 4) is 6.07 Å². The van der Waals surface area contributed by atoms with Gasteiger partial charge in [0.05, 0.1) is 17.2 Å². The highest BCUT2D eigenvalue weighted by molar-refractivity contribution is 5.93. The maximum absolute atomic E-state index is 12.3. The molecule has 0 bridgehead atoms. The molecule has 1 aliphatic heterocycles. The highest BCUT2D eigenvalue weighted by atomic mass is 16.4. The lowest BCUT2D eigenvalue weighted by Gasteiger charge is -2.42. The summed E-state index contributed by atoms with van der Waals surface area (Å²) in [6.45, 7) is 2.53. The van der Waals surface area contributed by atoms with Crippen LogP contribution in [-0.4, -0.2) is 42.1 Å². The number of carbonyl (C=O) groups excluding carboxylic acids is 1. The summed E-state index contributed by atoms with van der Waals surface area (Å²) in [5, 5.41) is 18.0. The molecule has 2 amide bonds. The number of nitriles is 1. The first-order valence-corrected chi connectivity index (χ1v) is 6.70. The van der Waals surface area contributed by atoms with Crippen LogP contribution in [0.5, 0.6) is 0 Å². The Morgan fingerprint density at radius 3 is 2.62 bits per heavy atom. The van der Waals surface area contributed by atoms with Gasteiger partial charge in [-0.15, -0.1) is 0 Å². The average Bonchev–Trinajstić information content (AvgIpc) is 2.44. The summed E-state index contributed by atoms with van der Waals surface area (Å²) >= 11 is 0. The van der Waals surface area contributed by atoms with E-state index in [1.807, 2.05) is 0 Å². The van der Waals surface area contributed by atoms with Crippen LogP contribution in [0.1, 0.15) is 12.5 Å². The number of aliphatic carboxylic acids is 1. The number of carboxylic acids is 1. The summed E-state index contributed by atoms with van der Waals surface area (Å²) in [6.07, 6.45) is 0. The Hall–Kier alpha value is -2.55. The predicted molar refractivity (Wildman–Crippen MR) is 76.8 cm³/mol. The van der Waals surface area contributed by atoms with Crippen molar-refractivity contribution < 1.29 is 14.7 Å². The van der Waals surface area contributed by atoms with Crippen LogP contribution >= 0.6 is 0 Å². The molecule has 0 aliphatic carbocycles. The van der Waals surface area contributed by atoms with Crippen molar-refractivity contribution in [2.75, 3.05) is 25.0 Å². The Kier molecular flexibility index (Phi) is 4.13. The van der Waals surface area contributed by atoms with E-state index in [4.69, 9.17) is 10.4 Å². The van der Waals surface area contributed by atoms with E-state index in [1.165, 1.54) is 4.90 Å². The molecule has 1 saturated heterocycles. The lowest BCUT2D eigenvalue weighted by atomic mass is 9.87. The van der Waals surface area contributed by atoms with Gasteiger partial charge < -0.3 is 10.0 Å². The molecule has 0 aromatic heterocycles. The Morgan fingerprint density at radius 1 is 1.43 bits per heavy atom. The normalized spacial score (nSPS) is 15.8. The van der Waals surface area contributed by atoms with Crippen LogP contribution in [0.3, 0.4) is 0 Å². The molecule has 21 heavy (non-hydrogen) atoms. The van der Waals surface area contributed by atoms with Gasteiger partial charge in [0.15, 0.2) is 0 Å². The van der Waals surface area contributed by atoms with Crippen LogP contribution in [0.15, 0.2) is 24.3 Å². The van der Waals surface area contributed by atoms with Crippen molar-refractivity contribution in [2.45, 2.75) is 6.92 Å². The number of hydrogen-bond donors (Lipinski definition) is 1. The van der Waals surface area contributed by atoms with E-state index < -0.39 is 11.9 Å². The minimum Gasteiger partial charge on any atom is -0.481 e. The fourth-order valence-corrected chi connectivity index (χ4v) is 2.36. The first-order valence-electron chi connectivity index (χ1n) is 6.70. The van der Waals surface area contributed by atoms with E-state index in [0.29, 0.717) is 24.3 Å². The predicted octanol–water partition coefficient (Wildman–Crippen LogP) is 1.77. The summed E-state index contributed by atoms with van der Waals surface area (Å²) in [4.78, 5) is 26.3. The molecule has 1 aromatic carbocycles. The number of urea groups is 1. The molecule has 0 saturated carbocycles. The van der Waals surface area contributed by atoms with Crippen molar-refractivity contribution in [3.63, 3.8) is 0 Å². The third-order valence-corrected chi connectivity index (χ3v) is 3.95. The van der Waals surface area contributed by atoms with Gasteiger partial charge in [0.1, 0.15) is 6.07 Å². The first kappa shape index (κ1) is 14.9. The fourth-order valence-electron chi connectivity index (χ4n) is 2.36. The minimum absolute atomic E-state index is 0.00828. The maximum atomic E-state index is 12.3. The highest BCUT2D eigenvalue weighted by Gasteiger charge is 2.38. The molecule has 6 heteroatoms. The monoisotopic (exact) mass is 287 g/mol. The number of amides is 2. The molecular formula is C15H17N3O3. The molecular weight excluding hydrogens is 270 g/mol. The van der Waals surface area contributed by atoms with Crippen LogP contribution in [0.25, 0.3) is 0 Å². The molecule has 2 rings (SSSR count). The Balaban J connectivity index is 2.03. The van der Waals surface area contributed by atoms with Crippen molar-refractivity contribution in [1.82, 2.24) is 4.90 Å². The minimum atomic E-state index is -0.838. The summed E-state index contributed by atoms with van der Waals surface area (Å²) in [7, 11) is 1.62. The van der Waals surface area contributed by atoms with Gasteiger partial charge in [-0.2, -0.15) is 5.26 Å². The molecule has 1 N–H and O–H groups in total. The molecule has 0 spiro atoms. The van der Waals surface area contributed by atoms with Crippen LogP contribution in [0.2, 0.25) is 0 Å². The molecule has 1 unspecified atom stereocenters. The molecule has 1 atom stereocenters. The van der Waals surface area contributed by atoms with E-state index in [0.717, 1.165) is 0 Å². The Bertz CT molecular complexity index is 602. The summed E-state index contributed by atoms with van der Waals surface area (Å²) in [6, 6.07) is 8.73. The van der Waals surface area contributed by atoms with E-state index >= 15 is 0 Å². The van der Waals surface area contributed by atoms with E-state index in [1.54, 1.807) is 43.1 Å². The maximum Gasteiger partial charge on any atom is 0.324 e. The number of benzene rings is 1. The number of carbonyl (C=O) groups is 2. The summed E-state index contributed by atoms with van der Waals surface area (Å²) in [5.74, 6) is -1.30. The third-order valence-electron chi connectivity index (χ3n) is 3.95. The summed E-state index contributed by atoms with van der Waals surface area (Å²) < 4.78 is 0. The number of likely N-dealkylation sites (tertiary alicyclic amines) is 1. The van der Waals surface area contributed by atoms with Crippen LogP contribution in [0, 0.1) is 23.2 Å². The quantitative estimate of drug-likeness (QED) is 0.918. The Labute approximate surface area is 123 Å². The van der Waals surface area contributed by atoms with Gasteiger partial charge in [0.2, 0.25) is 0 Å². The number of rotatable bonds is 3. The van der Waals surface area contributed by atoms with Crippen LogP contribution in [-0.2, 0) is 4.79 Å². The zero-order chi connectivity index (χ0) is 15.6. The first-order chi connectivity index (χ1) is 9.95. The molecule has 6 nitrogen and oxygen atoms in total. The SMILES string of the molecule is CC(C(=O)O)C1CN(C(=O)N(C)c2ccccc2C#N)C1. The van der Waals surface area contributed by atoms with Gasteiger partial charge in [0, 0.05) is 26.1 Å². The second kappa shape index (κ2) is 5.83. The number of hydrogen-bond acceptors (Lipinski definition) is 3. The molecule has 0 radical (unpaired) electrons. The van der Waals surface area contributed by atoms with Gasteiger partial charge in [-0.25, -0.2) is 4.79 Å². The van der Waals surface area contributed by atoms with Crippen molar-refractivity contribution >= 4 is 17.7 Å². The average molecular weight is 287 g/mol. The molecule has 1 heterocycles. The lowest BCUT2D eigenvalue weighted by molar-refractivity contribution is -0.144. The number of anilines is 1. The fraction of sp³-hybridized carbons (Fsp3) is 0.400. The standard InChI is InChI=1S/C15H17N3O3/c1-10(14(19)20)12-8-18(9-12)15(21)17(2)13-6-4-3-5-11(13)7-16/h3-6,10,12H,8-9H2,1-2H3,(H,19,20). The number of para-hydroxylation sites is 1. The van der Waals surface area contributed by atoms with E-state index in [9.17, 15) is 9.59 Å². The van der Waals surface area contributed by atoms with Gasteiger partial charge in [0.25, 0.3) is 0 Å². The highest BCUT2D eigenvalue weighted by Crippen LogP contribution is 2.27. The number of nitrogens with zero attached hydrogens (tertiary/aromatic N) is 3. The molecule has 1 aromatic rings. The molecule has 110 valence electrons. The lowest BCUT2D eigenvalue weighted by Crippen LogP contribution is -2.56. The number of carboxylic acid groups (broad SMARTS) is 1. The smallest absolute Gasteiger partial charge is 0.324 e. The zero-order valence-corrected chi connectivity index (χ0v) is 12.0. The second-order valence-corrected chi connectivity index (χ2v) is 5.26. The molecule has 1 fully saturated rings. The van der Waals surface area contributed by atoms with Gasteiger partial charge in [-0.3, -0.25) is 9.69 Å². The van der Waals surface area contributed by atoms with Gasteiger partial charge >= 0.3 is 12.0 Å². The zero-order valence-electron chi connectivity index (χ0n) is 12.0. The van der Waals surface area contributed by atoms with Gasteiger partial charge in [-0.1, -0.05) is 19.1 Å². The van der Waals surface area contributed by atoms with Crippen molar-refractivity contribution in [3.05, 3.63) is 29.8 Å². The van der Waals surface area contributed by atoms with E-state index in [2.05, 4.69) is 6.07 Å². The summed E-state index contributed by atoms with van der Waals surface area (Å²) in [5.41, 5.74) is 0.990. The second-order valence-electron chi connectivity index (χ2n) is 5.26. The molecule has 1 aliphatic rings. The third kappa shape index (κ3) is 2.82. The van der Waals surface area contributed by atoms with Crippen molar-refractivity contribution in [1.29, 1.82) is 5.26 Å². The van der Waals surface area contributed by atoms with Crippen LogP contribution in [0.4, 0.5) is 10.5 Å². The largest absolute Gasteiger partial charge is 0.481 e. The van der Waals surface area contributed by atoms with Crippen molar-refractivity contribution in [2.24, 2.45) is 11.8 Å². The topological polar surface area (TPSA) is 84.6 Å². The van der Waals surface area contributed by atoms with Gasteiger partial charge in [-0.05, 0) is 12.1 Å².